The third-order valence-corrected chi connectivity index (χ3v) is 4.04. The quantitative estimate of drug-likeness (QED) is 0.244. The lowest BCUT2D eigenvalue weighted by Gasteiger charge is -2.22. The van der Waals surface area contributed by atoms with Crippen LogP contribution in [-0.2, 0) is 0 Å². The van der Waals surface area contributed by atoms with Crippen LogP contribution < -0.4 is 25.4 Å². The Balaban J connectivity index is 0.00000364. The molecule has 0 bridgehead atoms. The Labute approximate surface area is 178 Å². The lowest BCUT2D eigenvalue weighted by atomic mass is 10.2. The molecule has 3 N–H and O–H groups in total. The van der Waals surface area contributed by atoms with Crippen LogP contribution in [0, 0.1) is 0 Å². The number of hydrogen-bond donors (Lipinski definition) is 2. The van der Waals surface area contributed by atoms with Crippen LogP contribution in [0.25, 0.3) is 0 Å². The van der Waals surface area contributed by atoms with Crippen LogP contribution in [0.15, 0.2) is 53.5 Å². The zero-order valence-corrected chi connectivity index (χ0v) is 18.5. The molecule has 0 radical (unpaired) electrons. The third-order valence-electron chi connectivity index (χ3n) is 4.04. The molecule has 6 nitrogen and oxygen atoms in total. The maximum Gasteiger partial charge on any atom is 0.193 e. The van der Waals surface area contributed by atoms with E-state index in [1.165, 1.54) is 5.69 Å². The standard InChI is InChI=1S/C20H28N4O2.HI/c1-4-24(16-9-6-5-7-10-16)14-8-13-22-20(21)23-18-15-17(25-2)11-12-19(18)26-3;/h5-7,9-12,15H,4,8,13-14H2,1-3H3,(H3,21,22,23);1H. The van der Waals surface area contributed by atoms with Crippen LogP contribution in [0.5, 0.6) is 11.5 Å². The van der Waals surface area contributed by atoms with Gasteiger partial charge >= 0.3 is 0 Å². The summed E-state index contributed by atoms with van der Waals surface area (Å²) in [6.45, 7) is 4.69. The monoisotopic (exact) mass is 484 g/mol. The van der Waals surface area contributed by atoms with Gasteiger partial charge in [0.15, 0.2) is 5.96 Å². The van der Waals surface area contributed by atoms with Crippen molar-refractivity contribution in [1.82, 2.24) is 0 Å². The second kappa shape index (κ2) is 12.3. The largest absolute Gasteiger partial charge is 0.497 e. The fourth-order valence-corrected chi connectivity index (χ4v) is 2.66. The second-order valence-corrected chi connectivity index (χ2v) is 5.73. The van der Waals surface area contributed by atoms with Crippen LogP contribution in [0.4, 0.5) is 11.4 Å². The van der Waals surface area contributed by atoms with Gasteiger partial charge in [-0.3, -0.25) is 4.99 Å². The average molecular weight is 484 g/mol. The minimum absolute atomic E-state index is 0. The van der Waals surface area contributed by atoms with Crippen molar-refractivity contribution in [2.75, 3.05) is 44.1 Å². The van der Waals surface area contributed by atoms with E-state index in [0.29, 0.717) is 18.3 Å². The summed E-state index contributed by atoms with van der Waals surface area (Å²) >= 11 is 0. The normalized spacial score (nSPS) is 10.7. The molecule has 0 aromatic heterocycles. The van der Waals surface area contributed by atoms with E-state index >= 15 is 0 Å². The highest BCUT2D eigenvalue weighted by Gasteiger charge is 2.06. The van der Waals surface area contributed by atoms with Crippen LogP contribution >= 0.6 is 24.0 Å². The summed E-state index contributed by atoms with van der Waals surface area (Å²) in [6, 6.07) is 15.9. The van der Waals surface area contributed by atoms with Gasteiger partial charge in [0.2, 0.25) is 0 Å². The molecule has 2 aromatic carbocycles. The van der Waals surface area contributed by atoms with Gasteiger partial charge in [0.25, 0.3) is 0 Å². The van der Waals surface area contributed by atoms with Crippen molar-refractivity contribution in [3.05, 3.63) is 48.5 Å². The Bertz CT molecular complexity index is 710. The predicted octanol–water partition coefficient (Wildman–Crippen LogP) is 3.97. The number of hydrogen-bond acceptors (Lipinski definition) is 4. The van der Waals surface area contributed by atoms with Crippen molar-refractivity contribution < 1.29 is 9.47 Å². The number of anilines is 2. The summed E-state index contributed by atoms with van der Waals surface area (Å²) < 4.78 is 10.6. The number of aliphatic imine (C=N–C) groups is 1. The van der Waals surface area contributed by atoms with Gasteiger partial charge in [0, 0.05) is 31.4 Å². The van der Waals surface area contributed by atoms with E-state index in [1.807, 2.05) is 24.3 Å². The van der Waals surface area contributed by atoms with Crippen molar-refractivity contribution in [3.8, 4) is 11.5 Å². The van der Waals surface area contributed by atoms with Crippen molar-refractivity contribution in [2.24, 2.45) is 10.7 Å². The van der Waals surface area contributed by atoms with Gasteiger partial charge in [-0.15, -0.1) is 24.0 Å². The number of halogens is 1. The first-order valence-corrected chi connectivity index (χ1v) is 8.77. The van der Waals surface area contributed by atoms with Crippen molar-refractivity contribution in [2.45, 2.75) is 13.3 Å². The van der Waals surface area contributed by atoms with Crippen LogP contribution in [0.2, 0.25) is 0 Å². The first kappa shape index (κ1) is 22.9. The maximum absolute atomic E-state index is 6.01. The molecule has 0 fully saturated rings. The molecule has 27 heavy (non-hydrogen) atoms. The van der Waals surface area contributed by atoms with Gasteiger partial charge in [-0.05, 0) is 37.6 Å². The van der Waals surface area contributed by atoms with Gasteiger partial charge in [-0.2, -0.15) is 0 Å². The van der Waals surface area contributed by atoms with E-state index in [0.717, 1.165) is 30.9 Å². The first-order chi connectivity index (χ1) is 12.7. The van der Waals surface area contributed by atoms with Gasteiger partial charge in [-0.25, -0.2) is 0 Å². The molecule has 0 unspecified atom stereocenters. The Kier molecular flexibility index (Phi) is 10.4. The summed E-state index contributed by atoms with van der Waals surface area (Å²) in [5, 5.41) is 3.08. The van der Waals surface area contributed by atoms with Crippen molar-refractivity contribution in [3.63, 3.8) is 0 Å². The molecule has 0 saturated heterocycles. The number of nitrogens with zero attached hydrogens (tertiary/aromatic N) is 2. The lowest BCUT2D eigenvalue weighted by molar-refractivity contribution is 0.405. The summed E-state index contributed by atoms with van der Waals surface area (Å²) in [7, 11) is 3.23. The summed E-state index contributed by atoms with van der Waals surface area (Å²) in [4.78, 5) is 6.73. The van der Waals surface area contributed by atoms with E-state index in [2.05, 4.69) is 46.4 Å². The van der Waals surface area contributed by atoms with Crippen molar-refractivity contribution >= 4 is 41.3 Å². The Morgan fingerprint density at radius 1 is 1.11 bits per heavy atom. The zero-order chi connectivity index (χ0) is 18.8. The topological polar surface area (TPSA) is 72.1 Å². The van der Waals surface area contributed by atoms with Crippen molar-refractivity contribution in [1.29, 1.82) is 0 Å². The molecule has 7 heteroatoms. The molecule has 0 amide bonds. The number of nitrogens with one attached hydrogen (secondary N) is 1. The molecule has 0 saturated carbocycles. The molecule has 0 aliphatic rings. The second-order valence-electron chi connectivity index (χ2n) is 5.73. The molecule has 0 aliphatic heterocycles. The predicted molar refractivity (Wildman–Crippen MR) is 124 cm³/mol. The van der Waals surface area contributed by atoms with Crippen LogP contribution in [0.1, 0.15) is 13.3 Å². The molecule has 0 aliphatic carbocycles. The number of ether oxygens (including phenoxy) is 2. The highest BCUT2D eigenvalue weighted by Crippen LogP contribution is 2.28. The fourth-order valence-electron chi connectivity index (χ4n) is 2.66. The van der Waals surface area contributed by atoms with E-state index in [-0.39, 0.29) is 24.0 Å². The van der Waals surface area contributed by atoms with Gasteiger partial charge < -0.3 is 25.4 Å². The minimum Gasteiger partial charge on any atom is -0.497 e. The Hall–Kier alpha value is -2.16. The number of rotatable bonds is 9. The van der Waals surface area contributed by atoms with E-state index in [4.69, 9.17) is 15.2 Å². The highest BCUT2D eigenvalue weighted by atomic mass is 127. The van der Waals surface area contributed by atoms with Crippen LogP contribution in [0.3, 0.4) is 0 Å². The van der Waals surface area contributed by atoms with Gasteiger partial charge in [-0.1, -0.05) is 18.2 Å². The Morgan fingerprint density at radius 3 is 2.48 bits per heavy atom. The Morgan fingerprint density at radius 2 is 1.85 bits per heavy atom. The summed E-state index contributed by atoms with van der Waals surface area (Å²) in [6.07, 6.45) is 0.917. The number of methoxy groups -OCH3 is 2. The smallest absolute Gasteiger partial charge is 0.193 e. The SMILES string of the molecule is CCN(CCCN=C(N)Nc1cc(OC)ccc1OC)c1ccccc1.I. The summed E-state index contributed by atoms with van der Waals surface area (Å²) in [5.41, 5.74) is 7.97. The maximum atomic E-state index is 6.01. The molecular formula is C20H29IN4O2. The molecular weight excluding hydrogens is 455 g/mol. The first-order valence-electron chi connectivity index (χ1n) is 8.77. The van der Waals surface area contributed by atoms with Gasteiger partial charge in [0.05, 0.1) is 19.9 Å². The van der Waals surface area contributed by atoms with E-state index in [9.17, 15) is 0 Å². The minimum atomic E-state index is 0. The number of para-hydroxylation sites is 1. The third kappa shape index (κ3) is 7.16. The number of benzene rings is 2. The molecule has 2 aromatic rings. The van der Waals surface area contributed by atoms with Gasteiger partial charge in [0.1, 0.15) is 11.5 Å². The molecule has 148 valence electrons. The molecule has 0 spiro atoms. The molecule has 0 heterocycles. The summed E-state index contributed by atoms with van der Waals surface area (Å²) in [5.74, 6) is 1.77. The molecule has 2 rings (SSSR count). The highest BCUT2D eigenvalue weighted by molar-refractivity contribution is 14.0. The van der Waals surface area contributed by atoms with E-state index < -0.39 is 0 Å². The lowest BCUT2D eigenvalue weighted by Crippen LogP contribution is -2.26. The van der Waals surface area contributed by atoms with E-state index in [1.54, 1.807) is 14.2 Å². The molecule has 0 atom stereocenters. The van der Waals surface area contributed by atoms with Crippen LogP contribution in [-0.4, -0.2) is 39.8 Å². The fraction of sp³-hybridized carbons (Fsp3) is 0.350. The number of guanidine groups is 1. The average Bonchev–Trinajstić information content (AvgIpc) is 2.68. The number of nitrogens with two attached hydrogens (primary N) is 1. The zero-order valence-electron chi connectivity index (χ0n) is 16.1.